The minimum absolute atomic E-state index is 0.00101. The summed E-state index contributed by atoms with van der Waals surface area (Å²) >= 11 is 0. The van der Waals surface area contributed by atoms with Gasteiger partial charge in [0, 0.05) is 33.3 Å². The molecule has 0 N–H and O–H groups in total. The van der Waals surface area contributed by atoms with Crippen LogP contribution in [-0.2, 0) is 9.53 Å². The number of ether oxygens (including phenoxy) is 3. The Kier molecular flexibility index (Phi) is 6.24. The Morgan fingerprint density at radius 3 is 2.61 bits per heavy atom. The Balaban J connectivity index is 1.83. The number of carbonyl (C=O) groups is 1. The second-order valence-corrected chi connectivity index (χ2v) is 5.90. The van der Waals surface area contributed by atoms with Crippen LogP contribution in [0.1, 0.15) is 6.42 Å². The normalized spacial score (nSPS) is 21.2. The average molecular weight is 322 g/mol. The van der Waals surface area contributed by atoms with Crippen LogP contribution in [0, 0.1) is 0 Å². The summed E-state index contributed by atoms with van der Waals surface area (Å²) in [6, 6.07) is 7.63. The fourth-order valence-corrected chi connectivity index (χ4v) is 2.82. The first-order valence-electron chi connectivity index (χ1n) is 7.78. The van der Waals surface area contributed by atoms with Crippen molar-refractivity contribution in [3.63, 3.8) is 0 Å². The number of hydrogen-bond donors (Lipinski definition) is 0. The standard InChI is InChI=1S/C17H26N2O4/c1-18-11-14(21-3)9-13(18)10-19(2)17(20)12-23-16-8-6-5-7-15(16)22-4/h5-8,13-14H,9-12H2,1-4H3/t13-,14-/m0/s1. The van der Waals surface area contributed by atoms with E-state index in [9.17, 15) is 4.79 Å². The highest BCUT2D eigenvalue weighted by atomic mass is 16.5. The molecule has 1 heterocycles. The first-order chi connectivity index (χ1) is 11.0. The summed E-state index contributed by atoms with van der Waals surface area (Å²) in [5.41, 5.74) is 0. The topological polar surface area (TPSA) is 51.2 Å². The quantitative estimate of drug-likeness (QED) is 0.756. The van der Waals surface area contributed by atoms with Crippen molar-refractivity contribution in [2.24, 2.45) is 0 Å². The van der Waals surface area contributed by atoms with Gasteiger partial charge in [-0.1, -0.05) is 12.1 Å². The van der Waals surface area contributed by atoms with Crippen LogP contribution in [0.2, 0.25) is 0 Å². The molecule has 0 saturated carbocycles. The second kappa shape index (κ2) is 8.17. The first-order valence-corrected chi connectivity index (χ1v) is 7.78. The van der Waals surface area contributed by atoms with Crippen molar-refractivity contribution >= 4 is 5.91 Å². The molecule has 0 radical (unpaired) electrons. The number of hydrogen-bond acceptors (Lipinski definition) is 5. The van der Waals surface area contributed by atoms with Crippen LogP contribution in [0.3, 0.4) is 0 Å². The number of likely N-dealkylation sites (N-methyl/N-ethyl adjacent to an activating group) is 2. The molecule has 0 bridgehead atoms. The molecule has 2 atom stereocenters. The third-order valence-corrected chi connectivity index (χ3v) is 4.31. The zero-order chi connectivity index (χ0) is 16.8. The van der Waals surface area contributed by atoms with Gasteiger partial charge in [0.05, 0.1) is 13.2 Å². The zero-order valence-electron chi connectivity index (χ0n) is 14.3. The summed E-state index contributed by atoms with van der Waals surface area (Å²) in [6.07, 6.45) is 1.19. The maximum Gasteiger partial charge on any atom is 0.260 e. The van der Waals surface area contributed by atoms with E-state index in [1.54, 1.807) is 25.2 Å². The van der Waals surface area contributed by atoms with Gasteiger partial charge in [-0.2, -0.15) is 0 Å². The van der Waals surface area contributed by atoms with E-state index in [0.717, 1.165) is 13.0 Å². The first kappa shape index (κ1) is 17.6. The Morgan fingerprint density at radius 1 is 1.30 bits per heavy atom. The molecular weight excluding hydrogens is 296 g/mol. The summed E-state index contributed by atoms with van der Waals surface area (Å²) in [5.74, 6) is 1.15. The van der Waals surface area contributed by atoms with Gasteiger partial charge in [-0.25, -0.2) is 0 Å². The van der Waals surface area contributed by atoms with Gasteiger partial charge in [0.2, 0.25) is 0 Å². The lowest BCUT2D eigenvalue weighted by atomic mass is 10.2. The van der Waals surface area contributed by atoms with E-state index in [1.807, 2.05) is 25.2 Å². The van der Waals surface area contributed by atoms with Crippen LogP contribution < -0.4 is 9.47 Å². The number of likely N-dealkylation sites (tertiary alicyclic amines) is 1. The molecule has 1 aliphatic rings. The van der Waals surface area contributed by atoms with E-state index < -0.39 is 0 Å². The van der Waals surface area contributed by atoms with Gasteiger partial charge in [0.15, 0.2) is 18.1 Å². The molecule has 6 nitrogen and oxygen atoms in total. The van der Waals surface area contributed by atoms with Crippen molar-refractivity contribution in [1.29, 1.82) is 0 Å². The van der Waals surface area contributed by atoms with Crippen LogP contribution in [0.15, 0.2) is 24.3 Å². The van der Waals surface area contributed by atoms with Gasteiger partial charge in [-0.15, -0.1) is 0 Å². The minimum atomic E-state index is -0.0508. The monoisotopic (exact) mass is 322 g/mol. The van der Waals surface area contributed by atoms with Gasteiger partial charge in [-0.3, -0.25) is 9.69 Å². The molecule has 0 aliphatic carbocycles. The van der Waals surface area contributed by atoms with Crippen LogP contribution in [0.25, 0.3) is 0 Å². The van der Waals surface area contributed by atoms with Crippen molar-refractivity contribution in [2.45, 2.75) is 18.6 Å². The number of rotatable bonds is 7. The molecule has 1 saturated heterocycles. The number of carbonyl (C=O) groups excluding carboxylic acids is 1. The molecule has 2 rings (SSSR count). The zero-order valence-corrected chi connectivity index (χ0v) is 14.3. The maximum atomic E-state index is 12.3. The lowest BCUT2D eigenvalue weighted by Crippen LogP contribution is -2.41. The Morgan fingerprint density at radius 2 is 2.00 bits per heavy atom. The SMILES string of the molecule is COc1ccccc1OCC(=O)N(C)C[C@@H]1C[C@H](OC)CN1C. The predicted molar refractivity (Wildman–Crippen MR) is 88.0 cm³/mol. The van der Waals surface area contributed by atoms with E-state index in [4.69, 9.17) is 14.2 Å². The molecule has 1 aromatic rings. The lowest BCUT2D eigenvalue weighted by Gasteiger charge is -2.25. The molecule has 1 aliphatic heterocycles. The molecule has 1 amide bonds. The van der Waals surface area contributed by atoms with Crippen molar-refractivity contribution < 1.29 is 19.0 Å². The number of benzene rings is 1. The van der Waals surface area contributed by atoms with Crippen LogP contribution in [-0.4, -0.2) is 75.9 Å². The molecule has 128 valence electrons. The summed E-state index contributed by atoms with van der Waals surface area (Å²) in [5, 5.41) is 0. The number of amides is 1. The molecular formula is C17H26N2O4. The van der Waals surface area contributed by atoms with Gasteiger partial charge in [0.25, 0.3) is 5.91 Å². The molecule has 1 fully saturated rings. The molecule has 1 aromatic carbocycles. The fourth-order valence-electron chi connectivity index (χ4n) is 2.82. The third kappa shape index (κ3) is 4.59. The number of para-hydroxylation sites is 2. The van der Waals surface area contributed by atoms with Crippen molar-refractivity contribution in [2.75, 3.05) is 48.0 Å². The van der Waals surface area contributed by atoms with Gasteiger partial charge >= 0.3 is 0 Å². The van der Waals surface area contributed by atoms with E-state index in [0.29, 0.717) is 24.1 Å². The Labute approximate surface area is 137 Å². The highest BCUT2D eigenvalue weighted by Crippen LogP contribution is 2.25. The Bertz CT molecular complexity index is 523. The molecule has 6 heteroatoms. The van der Waals surface area contributed by atoms with Gasteiger partial charge in [0.1, 0.15) is 0 Å². The predicted octanol–water partition coefficient (Wildman–Crippen LogP) is 1.25. The largest absolute Gasteiger partial charge is 0.493 e. The average Bonchev–Trinajstić information content (AvgIpc) is 2.92. The summed E-state index contributed by atoms with van der Waals surface area (Å²) < 4.78 is 16.2. The van der Waals surface area contributed by atoms with E-state index >= 15 is 0 Å². The van der Waals surface area contributed by atoms with Gasteiger partial charge in [-0.05, 0) is 25.6 Å². The van der Waals surface area contributed by atoms with Crippen LogP contribution >= 0.6 is 0 Å². The van der Waals surface area contributed by atoms with Gasteiger partial charge < -0.3 is 19.1 Å². The molecule has 0 aromatic heterocycles. The number of methoxy groups -OCH3 is 2. The smallest absolute Gasteiger partial charge is 0.260 e. The fraction of sp³-hybridized carbons (Fsp3) is 0.588. The molecule has 23 heavy (non-hydrogen) atoms. The summed E-state index contributed by atoms with van der Waals surface area (Å²) in [7, 11) is 7.18. The van der Waals surface area contributed by atoms with Crippen LogP contribution in [0.4, 0.5) is 0 Å². The minimum Gasteiger partial charge on any atom is -0.493 e. The summed E-state index contributed by atoms with van der Waals surface area (Å²) in [4.78, 5) is 16.2. The highest BCUT2D eigenvalue weighted by molar-refractivity contribution is 5.77. The Hall–Kier alpha value is -1.79. The maximum absolute atomic E-state index is 12.3. The summed E-state index contributed by atoms with van der Waals surface area (Å²) in [6.45, 7) is 1.58. The highest BCUT2D eigenvalue weighted by Gasteiger charge is 2.31. The molecule has 0 spiro atoms. The van der Waals surface area contributed by atoms with Crippen molar-refractivity contribution in [3.05, 3.63) is 24.3 Å². The van der Waals surface area contributed by atoms with E-state index in [1.165, 1.54) is 0 Å². The van der Waals surface area contributed by atoms with E-state index in [2.05, 4.69) is 11.9 Å². The van der Waals surface area contributed by atoms with Crippen molar-refractivity contribution in [1.82, 2.24) is 9.80 Å². The second-order valence-electron chi connectivity index (χ2n) is 5.90. The third-order valence-electron chi connectivity index (χ3n) is 4.31. The van der Waals surface area contributed by atoms with Crippen molar-refractivity contribution in [3.8, 4) is 11.5 Å². The number of nitrogens with zero attached hydrogens (tertiary/aromatic N) is 2. The van der Waals surface area contributed by atoms with Crippen LogP contribution in [0.5, 0.6) is 11.5 Å². The molecule has 0 unspecified atom stereocenters. The van der Waals surface area contributed by atoms with E-state index in [-0.39, 0.29) is 18.6 Å². The lowest BCUT2D eigenvalue weighted by molar-refractivity contribution is -0.132.